The SMILES string of the molecule is COC(=O)C(C)(C)C1CCCO1. The van der Waals surface area contributed by atoms with Gasteiger partial charge in [-0.3, -0.25) is 4.79 Å². The zero-order chi connectivity index (χ0) is 9.19. The smallest absolute Gasteiger partial charge is 0.313 e. The molecule has 70 valence electrons. The van der Waals surface area contributed by atoms with E-state index in [1.54, 1.807) is 0 Å². The third kappa shape index (κ3) is 1.61. The molecule has 0 spiro atoms. The van der Waals surface area contributed by atoms with Crippen LogP contribution in [0.15, 0.2) is 0 Å². The fraction of sp³-hybridized carbons (Fsp3) is 0.889. The average Bonchev–Trinajstić information content (AvgIpc) is 2.55. The molecule has 1 rings (SSSR count). The quantitative estimate of drug-likeness (QED) is 0.590. The van der Waals surface area contributed by atoms with E-state index in [4.69, 9.17) is 9.47 Å². The molecule has 0 bridgehead atoms. The van der Waals surface area contributed by atoms with Crippen molar-refractivity contribution in [3.63, 3.8) is 0 Å². The molecule has 1 aliphatic rings. The minimum atomic E-state index is -0.495. The second-order valence-corrected chi connectivity index (χ2v) is 3.71. The van der Waals surface area contributed by atoms with Crippen molar-refractivity contribution >= 4 is 5.97 Å². The van der Waals surface area contributed by atoms with Gasteiger partial charge in [-0.2, -0.15) is 0 Å². The minimum absolute atomic E-state index is 0.0324. The van der Waals surface area contributed by atoms with Crippen LogP contribution >= 0.6 is 0 Å². The maximum atomic E-state index is 11.3. The van der Waals surface area contributed by atoms with Crippen molar-refractivity contribution < 1.29 is 14.3 Å². The van der Waals surface area contributed by atoms with Crippen LogP contribution in [0.3, 0.4) is 0 Å². The summed E-state index contributed by atoms with van der Waals surface area (Å²) in [7, 11) is 1.42. The van der Waals surface area contributed by atoms with Gasteiger partial charge in [0.1, 0.15) is 0 Å². The number of hydrogen-bond acceptors (Lipinski definition) is 3. The van der Waals surface area contributed by atoms with Gasteiger partial charge in [-0.15, -0.1) is 0 Å². The first-order valence-electron chi connectivity index (χ1n) is 4.29. The number of carbonyl (C=O) groups is 1. The molecule has 1 saturated heterocycles. The highest BCUT2D eigenvalue weighted by atomic mass is 16.5. The van der Waals surface area contributed by atoms with Gasteiger partial charge in [0.25, 0.3) is 0 Å². The molecule has 0 aromatic carbocycles. The van der Waals surface area contributed by atoms with Crippen molar-refractivity contribution in [2.45, 2.75) is 32.8 Å². The number of hydrogen-bond donors (Lipinski definition) is 0. The molecule has 0 aromatic heterocycles. The molecule has 0 amide bonds. The summed E-state index contributed by atoms with van der Waals surface area (Å²) in [5.41, 5.74) is -0.495. The fourth-order valence-corrected chi connectivity index (χ4v) is 1.54. The van der Waals surface area contributed by atoms with Crippen molar-refractivity contribution in [2.75, 3.05) is 13.7 Å². The van der Waals surface area contributed by atoms with Gasteiger partial charge in [-0.05, 0) is 26.7 Å². The zero-order valence-electron chi connectivity index (χ0n) is 7.92. The summed E-state index contributed by atoms with van der Waals surface area (Å²) >= 11 is 0. The molecule has 1 aliphatic heterocycles. The molecule has 0 radical (unpaired) electrons. The molecule has 1 fully saturated rings. The van der Waals surface area contributed by atoms with Gasteiger partial charge in [0.05, 0.1) is 18.6 Å². The number of ether oxygens (including phenoxy) is 2. The summed E-state index contributed by atoms with van der Waals surface area (Å²) < 4.78 is 10.1. The Morgan fingerprint density at radius 3 is 2.67 bits per heavy atom. The molecule has 1 heterocycles. The van der Waals surface area contributed by atoms with Gasteiger partial charge in [0.2, 0.25) is 0 Å². The lowest BCUT2D eigenvalue weighted by Crippen LogP contribution is -2.37. The Balaban J connectivity index is 2.62. The van der Waals surface area contributed by atoms with E-state index in [0.29, 0.717) is 0 Å². The minimum Gasteiger partial charge on any atom is -0.469 e. The summed E-state index contributed by atoms with van der Waals surface area (Å²) in [6.07, 6.45) is 2.04. The summed E-state index contributed by atoms with van der Waals surface area (Å²) in [5.74, 6) is -0.186. The van der Waals surface area contributed by atoms with Crippen LogP contribution < -0.4 is 0 Å². The van der Waals surface area contributed by atoms with Crippen LogP contribution in [0.2, 0.25) is 0 Å². The van der Waals surface area contributed by atoms with Gasteiger partial charge in [-0.25, -0.2) is 0 Å². The first-order valence-corrected chi connectivity index (χ1v) is 4.29. The van der Waals surface area contributed by atoms with E-state index in [1.807, 2.05) is 13.8 Å². The van der Waals surface area contributed by atoms with Gasteiger partial charge in [0, 0.05) is 6.61 Å². The third-order valence-corrected chi connectivity index (χ3v) is 2.45. The second kappa shape index (κ2) is 3.44. The van der Waals surface area contributed by atoms with Crippen LogP contribution in [0.25, 0.3) is 0 Å². The van der Waals surface area contributed by atoms with Gasteiger partial charge < -0.3 is 9.47 Å². The third-order valence-electron chi connectivity index (χ3n) is 2.45. The molecule has 3 nitrogen and oxygen atoms in total. The van der Waals surface area contributed by atoms with Crippen molar-refractivity contribution in [1.82, 2.24) is 0 Å². The molecule has 0 aliphatic carbocycles. The Morgan fingerprint density at radius 2 is 2.25 bits per heavy atom. The van der Waals surface area contributed by atoms with Crippen LogP contribution in [0.4, 0.5) is 0 Å². The van der Waals surface area contributed by atoms with E-state index >= 15 is 0 Å². The zero-order valence-corrected chi connectivity index (χ0v) is 7.92. The summed E-state index contributed by atoms with van der Waals surface area (Å²) in [6.45, 7) is 4.51. The molecule has 0 aromatic rings. The van der Waals surface area contributed by atoms with Crippen LogP contribution in [-0.2, 0) is 14.3 Å². The standard InChI is InChI=1S/C9H16O3/c1-9(2,8(10)11-3)7-5-4-6-12-7/h7H,4-6H2,1-3H3. The number of methoxy groups -OCH3 is 1. The fourth-order valence-electron chi connectivity index (χ4n) is 1.54. The first kappa shape index (κ1) is 9.52. The molecule has 12 heavy (non-hydrogen) atoms. The highest BCUT2D eigenvalue weighted by Crippen LogP contribution is 2.31. The molecule has 3 heteroatoms. The number of esters is 1. The molecule has 1 unspecified atom stereocenters. The van der Waals surface area contributed by atoms with Crippen LogP contribution in [0.1, 0.15) is 26.7 Å². The topological polar surface area (TPSA) is 35.5 Å². The Morgan fingerprint density at radius 1 is 1.58 bits per heavy atom. The monoisotopic (exact) mass is 172 g/mol. The van der Waals surface area contributed by atoms with E-state index in [0.717, 1.165) is 19.4 Å². The molecule has 0 N–H and O–H groups in total. The van der Waals surface area contributed by atoms with Crippen molar-refractivity contribution in [1.29, 1.82) is 0 Å². The van der Waals surface area contributed by atoms with Gasteiger partial charge >= 0.3 is 5.97 Å². The number of carbonyl (C=O) groups excluding carboxylic acids is 1. The Kier molecular flexibility index (Phi) is 2.73. The van der Waals surface area contributed by atoms with E-state index in [9.17, 15) is 4.79 Å². The predicted molar refractivity (Wildman–Crippen MR) is 44.8 cm³/mol. The van der Waals surface area contributed by atoms with E-state index in [-0.39, 0.29) is 12.1 Å². The Hall–Kier alpha value is -0.570. The molecule has 0 saturated carbocycles. The highest BCUT2D eigenvalue weighted by molar-refractivity contribution is 5.76. The van der Waals surface area contributed by atoms with Crippen molar-refractivity contribution in [2.24, 2.45) is 5.41 Å². The summed E-state index contributed by atoms with van der Waals surface area (Å²) in [6, 6.07) is 0. The Labute approximate surface area is 73.0 Å². The first-order chi connectivity index (χ1) is 5.59. The second-order valence-electron chi connectivity index (χ2n) is 3.71. The van der Waals surface area contributed by atoms with Crippen molar-refractivity contribution in [3.05, 3.63) is 0 Å². The predicted octanol–water partition coefficient (Wildman–Crippen LogP) is 1.36. The van der Waals surface area contributed by atoms with Gasteiger partial charge in [-0.1, -0.05) is 0 Å². The molecular formula is C9H16O3. The van der Waals surface area contributed by atoms with Crippen molar-refractivity contribution in [3.8, 4) is 0 Å². The Bertz CT molecular complexity index is 169. The van der Waals surface area contributed by atoms with Crippen LogP contribution in [-0.4, -0.2) is 25.8 Å². The maximum Gasteiger partial charge on any atom is 0.313 e. The highest BCUT2D eigenvalue weighted by Gasteiger charge is 2.40. The molecule has 1 atom stereocenters. The van der Waals surface area contributed by atoms with E-state index in [2.05, 4.69) is 0 Å². The van der Waals surface area contributed by atoms with Crippen LogP contribution in [0, 0.1) is 5.41 Å². The number of rotatable bonds is 2. The summed E-state index contributed by atoms with van der Waals surface area (Å²) in [4.78, 5) is 11.3. The maximum absolute atomic E-state index is 11.3. The summed E-state index contributed by atoms with van der Waals surface area (Å²) in [5, 5.41) is 0. The van der Waals surface area contributed by atoms with E-state index in [1.165, 1.54) is 7.11 Å². The van der Waals surface area contributed by atoms with E-state index < -0.39 is 5.41 Å². The van der Waals surface area contributed by atoms with Gasteiger partial charge in [0.15, 0.2) is 0 Å². The lowest BCUT2D eigenvalue weighted by molar-refractivity contribution is -0.157. The lowest BCUT2D eigenvalue weighted by atomic mass is 9.85. The lowest BCUT2D eigenvalue weighted by Gasteiger charge is -2.27. The average molecular weight is 172 g/mol. The van der Waals surface area contributed by atoms with Crippen LogP contribution in [0.5, 0.6) is 0 Å². The molecular weight excluding hydrogens is 156 g/mol. The normalized spacial score (nSPS) is 24.1. The largest absolute Gasteiger partial charge is 0.469 e.